The van der Waals surface area contributed by atoms with Crippen molar-refractivity contribution in [3.8, 4) is 17.2 Å². The lowest BCUT2D eigenvalue weighted by atomic mass is 9.96. The number of hydrogen-bond acceptors (Lipinski definition) is 5. The molecule has 1 fully saturated rings. The number of hydrogen-bond donors (Lipinski definition) is 2. The highest BCUT2D eigenvalue weighted by atomic mass is 16.5. The third kappa shape index (κ3) is 4.95. The maximum Gasteiger partial charge on any atom is 0.315 e. The van der Waals surface area contributed by atoms with E-state index in [9.17, 15) is 4.79 Å². The molecule has 0 aliphatic heterocycles. The number of amides is 2. The van der Waals surface area contributed by atoms with Crippen LogP contribution in [0.3, 0.4) is 0 Å². The number of carbonyl (C=O) groups excluding carboxylic acids is 1. The highest BCUT2D eigenvalue weighted by Crippen LogP contribution is 2.21. The molecule has 7 nitrogen and oxygen atoms in total. The summed E-state index contributed by atoms with van der Waals surface area (Å²) in [6.45, 7) is 0.461. The van der Waals surface area contributed by atoms with E-state index in [0.717, 1.165) is 24.2 Å². The van der Waals surface area contributed by atoms with Gasteiger partial charge < -0.3 is 19.8 Å². The van der Waals surface area contributed by atoms with Crippen molar-refractivity contribution in [3.63, 3.8) is 0 Å². The van der Waals surface area contributed by atoms with Gasteiger partial charge in [0.1, 0.15) is 5.75 Å². The van der Waals surface area contributed by atoms with Gasteiger partial charge in [-0.15, -0.1) is 10.2 Å². The molecule has 2 amide bonds. The lowest BCUT2D eigenvalue weighted by molar-refractivity contribution is 0.232. The molecule has 3 rings (SSSR count). The summed E-state index contributed by atoms with van der Waals surface area (Å²) in [6.07, 6.45) is 6.31. The van der Waals surface area contributed by atoms with Gasteiger partial charge in [-0.1, -0.05) is 19.3 Å². The smallest absolute Gasteiger partial charge is 0.315 e. The monoisotopic (exact) mass is 344 g/mol. The van der Waals surface area contributed by atoms with Gasteiger partial charge in [-0.2, -0.15) is 0 Å². The molecule has 0 unspecified atom stereocenters. The number of nitrogens with one attached hydrogen (secondary N) is 2. The fourth-order valence-corrected chi connectivity index (χ4v) is 2.97. The molecule has 0 spiro atoms. The van der Waals surface area contributed by atoms with Crippen molar-refractivity contribution in [1.82, 2.24) is 20.8 Å². The van der Waals surface area contributed by atoms with Gasteiger partial charge in [0, 0.05) is 24.6 Å². The van der Waals surface area contributed by atoms with Gasteiger partial charge in [0.15, 0.2) is 0 Å². The minimum Gasteiger partial charge on any atom is -0.497 e. The molecule has 1 aromatic heterocycles. The van der Waals surface area contributed by atoms with Crippen LogP contribution in [0.25, 0.3) is 11.5 Å². The van der Waals surface area contributed by atoms with Crippen molar-refractivity contribution < 1.29 is 13.9 Å². The van der Waals surface area contributed by atoms with Crippen molar-refractivity contribution in [3.05, 3.63) is 30.2 Å². The first kappa shape index (κ1) is 17.3. The Morgan fingerprint density at radius 2 is 1.96 bits per heavy atom. The molecule has 0 radical (unpaired) electrons. The second-order valence-corrected chi connectivity index (χ2v) is 6.21. The van der Waals surface area contributed by atoms with Crippen LogP contribution in [0.2, 0.25) is 0 Å². The maximum atomic E-state index is 11.9. The molecule has 1 saturated carbocycles. The van der Waals surface area contributed by atoms with Gasteiger partial charge in [0.05, 0.1) is 7.11 Å². The summed E-state index contributed by atoms with van der Waals surface area (Å²) in [5, 5.41) is 13.9. The lowest BCUT2D eigenvalue weighted by Crippen LogP contribution is -2.43. The molecule has 0 atom stereocenters. The summed E-state index contributed by atoms with van der Waals surface area (Å²) in [6, 6.07) is 7.60. The van der Waals surface area contributed by atoms with Crippen molar-refractivity contribution in [1.29, 1.82) is 0 Å². The number of rotatable bonds is 6. The van der Waals surface area contributed by atoms with Crippen LogP contribution >= 0.6 is 0 Å². The van der Waals surface area contributed by atoms with Crippen LogP contribution in [0.15, 0.2) is 28.7 Å². The minimum atomic E-state index is -0.123. The van der Waals surface area contributed by atoms with E-state index < -0.39 is 0 Å². The Morgan fingerprint density at radius 1 is 1.20 bits per heavy atom. The molecule has 134 valence electrons. The Kier molecular flexibility index (Phi) is 5.87. The molecule has 2 N–H and O–H groups in total. The quantitative estimate of drug-likeness (QED) is 0.841. The van der Waals surface area contributed by atoms with E-state index in [1.165, 1.54) is 19.3 Å². The van der Waals surface area contributed by atoms with Gasteiger partial charge in [-0.3, -0.25) is 0 Å². The first-order valence-corrected chi connectivity index (χ1v) is 8.76. The summed E-state index contributed by atoms with van der Waals surface area (Å²) < 4.78 is 10.8. The Hall–Kier alpha value is -2.57. The summed E-state index contributed by atoms with van der Waals surface area (Å²) in [4.78, 5) is 11.9. The highest BCUT2D eigenvalue weighted by molar-refractivity contribution is 5.74. The maximum absolute atomic E-state index is 11.9. The van der Waals surface area contributed by atoms with Crippen molar-refractivity contribution in [2.45, 2.75) is 44.6 Å². The summed E-state index contributed by atoms with van der Waals surface area (Å²) in [5.74, 6) is 1.74. The number of carbonyl (C=O) groups is 1. The van der Waals surface area contributed by atoms with E-state index in [1.54, 1.807) is 7.11 Å². The Labute approximate surface area is 147 Å². The van der Waals surface area contributed by atoms with Crippen LogP contribution in [0.4, 0.5) is 4.79 Å². The van der Waals surface area contributed by atoms with Crippen molar-refractivity contribution in [2.24, 2.45) is 0 Å². The predicted molar refractivity (Wildman–Crippen MR) is 93.4 cm³/mol. The molecular weight excluding hydrogens is 320 g/mol. The lowest BCUT2D eigenvalue weighted by Gasteiger charge is -2.22. The average Bonchev–Trinajstić information content (AvgIpc) is 3.11. The van der Waals surface area contributed by atoms with E-state index in [0.29, 0.717) is 30.8 Å². The molecule has 1 aliphatic rings. The average molecular weight is 344 g/mol. The molecule has 1 heterocycles. The van der Waals surface area contributed by atoms with Crippen LogP contribution in [0.1, 0.15) is 38.0 Å². The zero-order valence-electron chi connectivity index (χ0n) is 14.5. The molecule has 25 heavy (non-hydrogen) atoms. The molecule has 0 bridgehead atoms. The third-order valence-corrected chi connectivity index (χ3v) is 4.37. The fourth-order valence-electron chi connectivity index (χ4n) is 2.97. The molecule has 0 saturated heterocycles. The van der Waals surface area contributed by atoms with Crippen LogP contribution < -0.4 is 15.4 Å². The Balaban J connectivity index is 1.44. The van der Waals surface area contributed by atoms with Gasteiger partial charge >= 0.3 is 6.03 Å². The van der Waals surface area contributed by atoms with Gasteiger partial charge in [0.25, 0.3) is 0 Å². The van der Waals surface area contributed by atoms with E-state index >= 15 is 0 Å². The largest absolute Gasteiger partial charge is 0.497 e. The van der Waals surface area contributed by atoms with E-state index in [1.807, 2.05) is 24.3 Å². The summed E-state index contributed by atoms with van der Waals surface area (Å²) in [7, 11) is 1.62. The standard InChI is InChI=1S/C18H24N4O3/c1-24-15-9-7-13(8-10-15)17-22-21-16(25-17)11-12-19-18(23)20-14-5-3-2-4-6-14/h7-10,14H,2-6,11-12H2,1H3,(H2,19,20,23). The number of nitrogens with zero attached hydrogens (tertiary/aromatic N) is 2. The van der Waals surface area contributed by atoms with E-state index in [-0.39, 0.29) is 6.03 Å². The second kappa shape index (κ2) is 8.50. The molecule has 1 aromatic carbocycles. The van der Waals surface area contributed by atoms with Crippen LogP contribution in [-0.4, -0.2) is 35.9 Å². The number of aromatic nitrogens is 2. The van der Waals surface area contributed by atoms with Crippen LogP contribution in [-0.2, 0) is 6.42 Å². The van der Waals surface area contributed by atoms with Crippen LogP contribution in [0.5, 0.6) is 5.75 Å². The zero-order chi connectivity index (χ0) is 17.5. The minimum absolute atomic E-state index is 0.123. The highest BCUT2D eigenvalue weighted by Gasteiger charge is 2.15. The van der Waals surface area contributed by atoms with E-state index in [2.05, 4.69) is 20.8 Å². The molecule has 7 heteroatoms. The molecule has 1 aliphatic carbocycles. The number of methoxy groups -OCH3 is 1. The second-order valence-electron chi connectivity index (χ2n) is 6.21. The SMILES string of the molecule is COc1ccc(-c2nnc(CCNC(=O)NC3CCCCC3)o2)cc1. The first-order valence-electron chi connectivity index (χ1n) is 8.76. The van der Waals surface area contributed by atoms with Gasteiger partial charge in [0.2, 0.25) is 11.8 Å². The zero-order valence-corrected chi connectivity index (χ0v) is 14.5. The predicted octanol–water partition coefficient (Wildman–Crippen LogP) is 2.92. The Bertz CT molecular complexity index is 678. The summed E-state index contributed by atoms with van der Waals surface area (Å²) in [5.41, 5.74) is 0.836. The van der Waals surface area contributed by atoms with E-state index in [4.69, 9.17) is 9.15 Å². The number of urea groups is 1. The number of ether oxygens (including phenoxy) is 1. The normalized spacial score (nSPS) is 14.9. The van der Waals surface area contributed by atoms with Crippen LogP contribution in [0, 0.1) is 0 Å². The number of benzene rings is 1. The van der Waals surface area contributed by atoms with Gasteiger partial charge in [-0.25, -0.2) is 4.79 Å². The molecule has 2 aromatic rings. The topological polar surface area (TPSA) is 89.3 Å². The van der Waals surface area contributed by atoms with Gasteiger partial charge in [-0.05, 0) is 37.1 Å². The van der Waals surface area contributed by atoms with Crippen molar-refractivity contribution >= 4 is 6.03 Å². The fraction of sp³-hybridized carbons (Fsp3) is 0.500. The molecular formula is C18H24N4O3. The Morgan fingerprint density at radius 3 is 2.68 bits per heavy atom. The summed E-state index contributed by atoms with van der Waals surface area (Å²) >= 11 is 0. The van der Waals surface area contributed by atoms with Crippen molar-refractivity contribution in [2.75, 3.05) is 13.7 Å². The third-order valence-electron chi connectivity index (χ3n) is 4.37. The first-order chi connectivity index (χ1) is 12.2.